The summed E-state index contributed by atoms with van der Waals surface area (Å²) in [5.74, 6) is -3.08. The van der Waals surface area contributed by atoms with Crippen LogP contribution in [0.1, 0.15) is 65.7 Å². The first kappa shape index (κ1) is 40.7. The van der Waals surface area contributed by atoms with Crippen LogP contribution in [0.15, 0.2) is 43.1 Å². The largest absolute Gasteiger partial charge is 0.497 e. The molecule has 5 fully saturated rings. The Morgan fingerprint density at radius 1 is 1.10 bits per heavy atom. The number of fused-ring (bicyclic) bond motifs is 3. The molecule has 5 aliphatic rings. The number of morpholine rings is 1. The number of hydrogen-bond acceptors (Lipinski definition) is 13. The quantitative estimate of drug-likeness (QED) is 0.181. The summed E-state index contributed by atoms with van der Waals surface area (Å²) in [5, 5.41) is 6.02. The molecule has 2 aliphatic carbocycles. The van der Waals surface area contributed by atoms with Crippen LogP contribution in [0, 0.1) is 5.92 Å². The van der Waals surface area contributed by atoms with E-state index in [1.54, 1.807) is 58.3 Å². The van der Waals surface area contributed by atoms with Gasteiger partial charge in [0.1, 0.15) is 47.2 Å². The van der Waals surface area contributed by atoms with Crippen LogP contribution in [0.2, 0.25) is 0 Å². The number of amides is 5. The lowest BCUT2D eigenvalue weighted by Crippen LogP contribution is -2.58. The number of benzene rings is 1. The van der Waals surface area contributed by atoms with Crippen molar-refractivity contribution in [2.45, 2.75) is 112 Å². The normalized spacial score (nSPS) is 26.7. The molecule has 19 heteroatoms. The molecule has 2 saturated carbocycles. The van der Waals surface area contributed by atoms with Gasteiger partial charge in [-0.25, -0.2) is 23.0 Å². The molecule has 7 rings (SSSR count). The van der Waals surface area contributed by atoms with Crippen molar-refractivity contribution < 1.29 is 56.1 Å². The molecule has 1 aromatic heterocycles. The zero-order chi connectivity index (χ0) is 41.7. The number of ether oxygens (including phenoxy) is 4. The molecule has 3 N–H and O–H groups in total. The lowest BCUT2D eigenvalue weighted by atomic mass is 10.1. The molecule has 3 aliphatic heterocycles. The van der Waals surface area contributed by atoms with Crippen molar-refractivity contribution in [2.75, 3.05) is 20.2 Å². The smallest absolute Gasteiger partial charge is 0.408 e. The van der Waals surface area contributed by atoms with Crippen LogP contribution in [0.5, 0.6) is 11.6 Å². The minimum absolute atomic E-state index is 0.0784. The highest BCUT2D eigenvalue weighted by molar-refractivity contribution is 7.91. The molecular formula is C39H48N6O12S. The minimum Gasteiger partial charge on any atom is -0.497 e. The molecule has 312 valence electrons. The molecule has 0 spiro atoms. The third kappa shape index (κ3) is 8.40. The van der Waals surface area contributed by atoms with Gasteiger partial charge in [0, 0.05) is 36.8 Å². The lowest BCUT2D eigenvalue weighted by molar-refractivity contribution is -0.157. The van der Waals surface area contributed by atoms with E-state index in [0.717, 1.165) is 5.39 Å². The predicted molar refractivity (Wildman–Crippen MR) is 204 cm³/mol. The van der Waals surface area contributed by atoms with E-state index in [4.69, 9.17) is 18.9 Å². The van der Waals surface area contributed by atoms with Crippen molar-refractivity contribution in [2.24, 2.45) is 5.92 Å². The summed E-state index contributed by atoms with van der Waals surface area (Å²) >= 11 is 0. The topological polar surface area (TPSA) is 229 Å². The Labute approximate surface area is 335 Å². The summed E-state index contributed by atoms with van der Waals surface area (Å²) in [6.07, 6.45) is 1.59. The molecule has 2 bridgehead atoms. The highest BCUT2D eigenvalue weighted by atomic mass is 32.2. The first-order valence-electron chi connectivity index (χ1n) is 19.3. The van der Waals surface area contributed by atoms with Gasteiger partial charge in [0.2, 0.25) is 33.6 Å². The van der Waals surface area contributed by atoms with Gasteiger partial charge in [-0.2, -0.15) is 0 Å². The molecule has 58 heavy (non-hydrogen) atoms. The second-order valence-corrected chi connectivity index (χ2v) is 18.4. The fourth-order valence-corrected chi connectivity index (χ4v) is 9.21. The molecule has 3 saturated heterocycles. The number of sulfonamides is 1. The van der Waals surface area contributed by atoms with Gasteiger partial charge in [-0.05, 0) is 76.1 Å². The summed E-state index contributed by atoms with van der Waals surface area (Å²) in [5.41, 5.74) is -2.58. The second kappa shape index (κ2) is 15.4. The highest BCUT2D eigenvalue weighted by Gasteiger charge is 2.62. The van der Waals surface area contributed by atoms with E-state index in [2.05, 4.69) is 26.9 Å². The van der Waals surface area contributed by atoms with E-state index in [1.807, 2.05) is 0 Å². The van der Waals surface area contributed by atoms with Crippen LogP contribution in [0.25, 0.3) is 10.8 Å². The van der Waals surface area contributed by atoms with Gasteiger partial charge in [0.25, 0.3) is 5.91 Å². The van der Waals surface area contributed by atoms with Crippen molar-refractivity contribution in [3.05, 3.63) is 43.1 Å². The van der Waals surface area contributed by atoms with Crippen LogP contribution in [0.3, 0.4) is 0 Å². The second-order valence-electron chi connectivity index (χ2n) is 16.5. The van der Waals surface area contributed by atoms with E-state index in [1.165, 1.54) is 15.9 Å². The van der Waals surface area contributed by atoms with Crippen molar-refractivity contribution in [3.63, 3.8) is 0 Å². The zero-order valence-electron chi connectivity index (χ0n) is 32.7. The first-order chi connectivity index (χ1) is 27.4. The Balaban J connectivity index is 1.16. The average Bonchev–Trinajstić information content (AvgIpc) is 4.02. The van der Waals surface area contributed by atoms with Gasteiger partial charge in [-0.3, -0.25) is 23.9 Å². The number of carbonyl (C=O) groups excluding carboxylic acids is 6. The van der Waals surface area contributed by atoms with Crippen LogP contribution in [-0.2, 0) is 43.5 Å². The monoisotopic (exact) mass is 824 g/mol. The highest BCUT2D eigenvalue weighted by Crippen LogP contribution is 2.45. The van der Waals surface area contributed by atoms with E-state index in [-0.39, 0.29) is 44.7 Å². The summed E-state index contributed by atoms with van der Waals surface area (Å²) in [7, 11) is -2.42. The predicted octanol–water partition coefficient (Wildman–Crippen LogP) is 1.46. The Hall–Kier alpha value is -5.46. The van der Waals surface area contributed by atoms with Crippen molar-refractivity contribution in [3.8, 4) is 11.6 Å². The van der Waals surface area contributed by atoms with Gasteiger partial charge >= 0.3 is 12.1 Å². The number of aromatic nitrogens is 1. The maximum absolute atomic E-state index is 14.7. The van der Waals surface area contributed by atoms with E-state index >= 15 is 0 Å². The third-order valence-electron chi connectivity index (χ3n) is 11.1. The number of alkyl carbamates (subject to hydrolysis) is 1. The van der Waals surface area contributed by atoms with Crippen molar-refractivity contribution >= 4 is 56.5 Å². The van der Waals surface area contributed by atoms with Gasteiger partial charge in [0.05, 0.1) is 25.4 Å². The van der Waals surface area contributed by atoms with E-state index in [0.29, 0.717) is 30.4 Å². The molecule has 18 nitrogen and oxygen atoms in total. The number of carbonyl (C=O) groups is 6. The molecule has 7 atom stereocenters. The summed E-state index contributed by atoms with van der Waals surface area (Å²) in [4.78, 5) is 88.4. The molecule has 2 aromatic rings. The number of rotatable bonds is 14. The average molecular weight is 825 g/mol. The lowest BCUT2D eigenvalue weighted by Gasteiger charge is -2.31. The first-order valence-corrected chi connectivity index (χ1v) is 20.9. The van der Waals surface area contributed by atoms with E-state index < -0.39 is 98.4 Å². The standard InChI is InChI=1S/C39H48N6O12S/c1-6-22-18-39(22,36(50)43-58(52,53)26-8-9-26)42-32(47)29-16-24(55-33-27-10-7-23(54-5)15-21(27)13-14-40-33)20-45(29)34(48)28(41-37(51)57-38(2,3)4)11-12-31(46)44-19-25-17-30(44)35(49)56-25/h6-7,10,13-15,22,24-26,28-30H,1,8-9,11-12,16-20H2,2-5H3,(H,41,51)(H,42,47)(H,43,50)/t22-,24-,25+,28+,29+,30+,39-/m1/s1. The molecule has 5 amide bonds. The van der Waals surface area contributed by atoms with Gasteiger partial charge in [-0.15, -0.1) is 6.58 Å². The van der Waals surface area contributed by atoms with Crippen LogP contribution < -0.4 is 24.8 Å². The number of hydrogen-bond donors (Lipinski definition) is 3. The Bertz CT molecular complexity index is 2150. The Morgan fingerprint density at radius 2 is 1.86 bits per heavy atom. The van der Waals surface area contributed by atoms with Gasteiger partial charge in [0.15, 0.2) is 0 Å². The van der Waals surface area contributed by atoms with Crippen molar-refractivity contribution in [1.29, 1.82) is 0 Å². The van der Waals surface area contributed by atoms with Gasteiger partial charge in [-0.1, -0.05) is 6.08 Å². The summed E-state index contributed by atoms with van der Waals surface area (Å²) < 4.78 is 50.0. The van der Waals surface area contributed by atoms with E-state index in [9.17, 15) is 37.2 Å². The molecule has 0 radical (unpaired) electrons. The third-order valence-corrected chi connectivity index (χ3v) is 12.9. The number of nitrogens with zero attached hydrogens (tertiary/aromatic N) is 3. The molecular weight excluding hydrogens is 777 g/mol. The van der Waals surface area contributed by atoms with Crippen LogP contribution in [0.4, 0.5) is 4.79 Å². The molecule has 1 aromatic carbocycles. The maximum atomic E-state index is 14.7. The Kier molecular flexibility index (Phi) is 10.8. The minimum atomic E-state index is -3.96. The molecule has 4 heterocycles. The SMILES string of the molecule is C=C[C@@H]1C[C@]1(NC(=O)[C@@H]1C[C@@H](Oc2nccc3cc(OC)ccc23)CN1C(=O)[C@H](CCC(=O)N1C[C@@H]2C[C@H]1C(=O)O2)NC(=O)OC(C)(C)C)C(=O)NS(=O)(=O)C1CC1. The van der Waals surface area contributed by atoms with Gasteiger partial charge < -0.3 is 39.4 Å². The number of nitrogens with one attached hydrogen (secondary N) is 3. The van der Waals surface area contributed by atoms with Crippen molar-refractivity contribution in [1.82, 2.24) is 30.1 Å². The number of methoxy groups -OCH3 is 1. The van der Waals surface area contributed by atoms with Crippen LogP contribution >= 0.6 is 0 Å². The molecule has 0 unspecified atom stereocenters. The Morgan fingerprint density at radius 3 is 2.50 bits per heavy atom. The number of esters is 1. The van der Waals surface area contributed by atoms with Crippen LogP contribution in [-0.4, -0.2) is 126 Å². The zero-order valence-corrected chi connectivity index (χ0v) is 33.5. The number of pyridine rings is 1. The fraction of sp³-hybridized carbons (Fsp3) is 0.564. The summed E-state index contributed by atoms with van der Waals surface area (Å²) in [6, 6.07) is 3.69. The number of likely N-dealkylation sites (tertiary alicyclic amines) is 2. The maximum Gasteiger partial charge on any atom is 0.408 e. The fourth-order valence-electron chi connectivity index (χ4n) is 7.84. The summed E-state index contributed by atoms with van der Waals surface area (Å²) in [6.45, 7) is 8.73.